The molecule has 2 aromatic carbocycles. The molecule has 0 aliphatic rings. The van der Waals surface area contributed by atoms with Gasteiger partial charge in [-0.1, -0.05) is 48.5 Å². The van der Waals surface area contributed by atoms with Gasteiger partial charge in [0.15, 0.2) is 0 Å². The molecule has 20 heavy (non-hydrogen) atoms. The van der Waals surface area contributed by atoms with Crippen LogP contribution >= 0.6 is 0 Å². The van der Waals surface area contributed by atoms with Gasteiger partial charge in [-0.25, -0.2) is 4.98 Å². The molecule has 0 aliphatic carbocycles. The molecule has 0 amide bonds. The van der Waals surface area contributed by atoms with E-state index in [0.29, 0.717) is 0 Å². The van der Waals surface area contributed by atoms with Crippen LogP contribution in [0, 0.1) is 0 Å². The lowest BCUT2D eigenvalue weighted by Gasteiger charge is -2.04. The number of fused-ring (bicyclic) bond motifs is 3. The molecule has 2 nitrogen and oxygen atoms in total. The fraction of sp³-hybridized carbons (Fsp3) is 0.0556. The van der Waals surface area contributed by atoms with E-state index in [4.69, 9.17) is 0 Å². The summed E-state index contributed by atoms with van der Waals surface area (Å²) in [5.74, 6) is 0. The lowest BCUT2D eigenvalue weighted by molar-refractivity contribution is 0.990. The Morgan fingerprint density at radius 2 is 1.60 bits per heavy atom. The summed E-state index contributed by atoms with van der Waals surface area (Å²) in [5, 5.41) is 2.49. The van der Waals surface area contributed by atoms with Gasteiger partial charge in [-0.2, -0.15) is 0 Å². The van der Waals surface area contributed by atoms with Gasteiger partial charge in [0.2, 0.25) is 0 Å². The second-order valence-electron chi connectivity index (χ2n) is 5.00. The van der Waals surface area contributed by atoms with Gasteiger partial charge in [-0.3, -0.25) is 0 Å². The Kier molecular flexibility index (Phi) is 2.36. The van der Waals surface area contributed by atoms with Crippen LogP contribution in [0.3, 0.4) is 0 Å². The summed E-state index contributed by atoms with van der Waals surface area (Å²) in [6, 6.07) is 21.1. The van der Waals surface area contributed by atoms with Crippen molar-refractivity contribution in [2.45, 2.75) is 0 Å². The van der Waals surface area contributed by atoms with Crippen LogP contribution in [0.1, 0.15) is 0 Å². The van der Waals surface area contributed by atoms with E-state index in [-0.39, 0.29) is 0 Å². The Balaban J connectivity index is 2.21. The molecule has 0 unspecified atom stereocenters. The van der Waals surface area contributed by atoms with E-state index < -0.39 is 0 Å². The van der Waals surface area contributed by atoms with Crippen molar-refractivity contribution in [3.8, 4) is 11.1 Å². The first-order valence-corrected chi connectivity index (χ1v) is 6.74. The predicted octanol–water partition coefficient (Wildman–Crippen LogP) is 4.39. The summed E-state index contributed by atoms with van der Waals surface area (Å²) in [7, 11) is 2.08. The molecule has 0 radical (unpaired) electrons. The van der Waals surface area contributed by atoms with Crippen LogP contribution in [0.2, 0.25) is 0 Å². The second-order valence-corrected chi connectivity index (χ2v) is 5.00. The largest absolute Gasteiger partial charge is 0.328 e. The first kappa shape index (κ1) is 11.2. The molecule has 2 heterocycles. The molecule has 4 aromatic rings. The number of rotatable bonds is 1. The molecule has 0 saturated heterocycles. The first-order valence-electron chi connectivity index (χ1n) is 6.74. The van der Waals surface area contributed by atoms with E-state index in [1.54, 1.807) is 0 Å². The Labute approximate surface area is 117 Å². The van der Waals surface area contributed by atoms with Crippen molar-refractivity contribution in [3.05, 3.63) is 66.9 Å². The van der Waals surface area contributed by atoms with E-state index >= 15 is 0 Å². The highest BCUT2D eigenvalue weighted by Gasteiger charge is 2.13. The Bertz CT molecular complexity index is 905. The summed E-state index contributed by atoms with van der Waals surface area (Å²) in [4.78, 5) is 4.57. The van der Waals surface area contributed by atoms with Crippen LogP contribution in [0.15, 0.2) is 66.9 Å². The fourth-order valence-corrected chi connectivity index (χ4v) is 2.92. The molecule has 4 rings (SSSR count). The molecule has 0 atom stereocenters. The summed E-state index contributed by atoms with van der Waals surface area (Å²) in [6.07, 6.45) is 1.89. The molecule has 0 bridgehead atoms. The molecule has 0 N–H and O–H groups in total. The number of hydrogen-bond donors (Lipinski definition) is 0. The van der Waals surface area contributed by atoms with Crippen LogP contribution < -0.4 is 0 Å². The number of nitrogens with zero attached hydrogens (tertiary/aromatic N) is 2. The molecule has 2 aromatic heterocycles. The molecular formula is C18H14N2. The Morgan fingerprint density at radius 1 is 0.850 bits per heavy atom. The average molecular weight is 258 g/mol. The molecular weight excluding hydrogens is 244 g/mol. The molecule has 2 heteroatoms. The van der Waals surface area contributed by atoms with E-state index in [2.05, 4.69) is 71.2 Å². The van der Waals surface area contributed by atoms with E-state index in [0.717, 1.165) is 5.65 Å². The highest BCUT2D eigenvalue weighted by atomic mass is 15.0. The number of aromatic nitrogens is 2. The number of pyridine rings is 1. The van der Waals surface area contributed by atoms with Crippen LogP contribution in [0.25, 0.3) is 33.1 Å². The third kappa shape index (κ3) is 1.48. The minimum atomic E-state index is 1.03. The van der Waals surface area contributed by atoms with Gasteiger partial charge in [0.05, 0.1) is 5.52 Å². The lowest BCUT2D eigenvalue weighted by Crippen LogP contribution is -1.89. The quantitative estimate of drug-likeness (QED) is 0.495. The van der Waals surface area contributed by atoms with Gasteiger partial charge in [0.1, 0.15) is 5.65 Å². The molecule has 0 saturated carbocycles. The summed E-state index contributed by atoms with van der Waals surface area (Å²) >= 11 is 0. The van der Waals surface area contributed by atoms with Crippen molar-refractivity contribution in [2.24, 2.45) is 7.05 Å². The lowest BCUT2D eigenvalue weighted by atomic mass is 10.0. The van der Waals surface area contributed by atoms with Crippen LogP contribution in [-0.4, -0.2) is 9.55 Å². The van der Waals surface area contributed by atoms with Crippen molar-refractivity contribution in [3.63, 3.8) is 0 Å². The van der Waals surface area contributed by atoms with Gasteiger partial charge in [0, 0.05) is 24.0 Å². The summed E-state index contributed by atoms with van der Waals surface area (Å²) in [5.41, 5.74) is 4.73. The monoisotopic (exact) mass is 258 g/mol. The smallest absolute Gasteiger partial charge is 0.141 e. The van der Waals surface area contributed by atoms with Crippen LogP contribution in [-0.2, 0) is 7.05 Å². The van der Waals surface area contributed by atoms with Crippen molar-refractivity contribution in [2.75, 3.05) is 0 Å². The summed E-state index contributed by atoms with van der Waals surface area (Å²) in [6.45, 7) is 0. The van der Waals surface area contributed by atoms with Gasteiger partial charge < -0.3 is 4.57 Å². The molecule has 0 spiro atoms. The zero-order chi connectivity index (χ0) is 13.5. The van der Waals surface area contributed by atoms with Gasteiger partial charge in [-0.05, 0) is 23.3 Å². The average Bonchev–Trinajstić information content (AvgIpc) is 2.82. The van der Waals surface area contributed by atoms with Crippen molar-refractivity contribution in [1.29, 1.82) is 0 Å². The topological polar surface area (TPSA) is 17.8 Å². The van der Waals surface area contributed by atoms with E-state index in [1.807, 2.05) is 12.3 Å². The molecule has 96 valence electrons. The SMILES string of the molecule is Cn1c2ccccc2c2c(-c3ccccc3)ccnc21. The maximum atomic E-state index is 4.57. The minimum Gasteiger partial charge on any atom is -0.328 e. The van der Waals surface area contributed by atoms with E-state index in [9.17, 15) is 0 Å². The van der Waals surface area contributed by atoms with Crippen LogP contribution in [0.4, 0.5) is 0 Å². The fourth-order valence-electron chi connectivity index (χ4n) is 2.92. The zero-order valence-electron chi connectivity index (χ0n) is 11.2. The van der Waals surface area contributed by atoms with E-state index in [1.165, 1.54) is 27.4 Å². The zero-order valence-corrected chi connectivity index (χ0v) is 11.2. The number of benzene rings is 2. The minimum absolute atomic E-state index is 1.03. The van der Waals surface area contributed by atoms with Crippen LogP contribution in [0.5, 0.6) is 0 Å². The molecule has 0 aliphatic heterocycles. The highest BCUT2D eigenvalue weighted by molar-refractivity contribution is 6.13. The maximum absolute atomic E-state index is 4.57. The van der Waals surface area contributed by atoms with Gasteiger partial charge >= 0.3 is 0 Å². The van der Waals surface area contributed by atoms with Gasteiger partial charge in [0.25, 0.3) is 0 Å². The third-order valence-corrected chi connectivity index (χ3v) is 3.87. The van der Waals surface area contributed by atoms with Crippen molar-refractivity contribution >= 4 is 21.9 Å². The summed E-state index contributed by atoms with van der Waals surface area (Å²) < 4.78 is 2.16. The second kappa shape index (κ2) is 4.20. The first-order chi connectivity index (χ1) is 9.86. The number of hydrogen-bond acceptors (Lipinski definition) is 1. The number of para-hydroxylation sites is 1. The Morgan fingerprint density at radius 3 is 2.45 bits per heavy atom. The van der Waals surface area contributed by atoms with Crippen molar-refractivity contribution in [1.82, 2.24) is 9.55 Å². The molecule has 0 fully saturated rings. The maximum Gasteiger partial charge on any atom is 0.141 e. The predicted molar refractivity (Wildman–Crippen MR) is 83.7 cm³/mol. The van der Waals surface area contributed by atoms with Gasteiger partial charge in [-0.15, -0.1) is 0 Å². The Hall–Kier alpha value is -2.61. The number of aryl methyl sites for hydroxylation is 1. The standard InChI is InChI=1S/C18H14N2/c1-20-16-10-6-5-9-15(16)17-14(11-12-19-18(17)20)13-7-3-2-4-8-13/h2-12H,1H3. The normalized spacial score (nSPS) is 11.2. The third-order valence-electron chi connectivity index (χ3n) is 3.87. The highest BCUT2D eigenvalue weighted by Crippen LogP contribution is 2.34. The van der Waals surface area contributed by atoms with Crippen molar-refractivity contribution < 1.29 is 0 Å².